The van der Waals surface area contributed by atoms with Gasteiger partial charge in [-0.1, -0.05) is 37.6 Å². The van der Waals surface area contributed by atoms with Crippen LogP contribution in [0.15, 0.2) is 42.0 Å². The van der Waals surface area contributed by atoms with Gasteiger partial charge in [0, 0.05) is 35.3 Å². The zero-order valence-corrected chi connectivity index (χ0v) is 24.6. The van der Waals surface area contributed by atoms with Crippen molar-refractivity contribution in [1.82, 2.24) is 5.32 Å². The molecule has 10 nitrogen and oxygen atoms in total. The fraction of sp³-hybridized carbons (Fsp3) is 0.576. The van der Waals surface area contributed by atoms with Crippen molar-refractivity contribution in [2.75, 3.05) is 13.4 Å². The lowest BCUT2D eigenvalue weighted by atomic mass is 9.46. The number of ether oxygens (including phenoxy) is 3. The van der Waals surface area contributed by atoms with Gasteiger partial charge in [-0.15, -0.1) is 0 Å². The monoisotopic (exact) mass is 593 g/mol. The van der Waals surface area contributed by atoms with E-state index in [0.717, 1.165) is 24.0 Å². The van der Waals surface area contributed by atoms with Gasteiger partial charge in [0.1, 0.15) is 5.60 Å². The van der Waals surface area contributed by atoms with Crippen molar-refractivity contribution in [1.29, 1.82) is 0 Å². The number of ketones is 2. The molecule has 1 aliphatic heterocycles. The number of nitrogens with one attached hydrogen (secondary N) is 1. The van der Waals surface area contributed by atoms with Crippen LogP contribution >= 0.6 is 0 Å². The van der Waals surface area contributed by atoms with Crippen LogP contribution in [-0.4, -0.2) is 58.8 Å². The number of Topliss-reactive ketones (excluding diaryl/α,β-unsaturated/α-hetero) is 1. The third-order valence-corrected chi connectivity index (χ3v) is 11.0. The second-order valence-corrected chi connectivity index (χ2v) is 13.1. The van der Waals surface area contributed by atoms with E-state index in [0.29, 0.717) is 17.9 Å². The molecular weight excluding hydrogens is 554 g/mol. The minimum atomic E-state index is -1.74. The summed E-state index contributed by atoms with van der Waals surface area (Å²) in [6.07, 6.45) is 6.71. The number of esters is 1. The first-order valence-electron chi connectivity index (χ1n) is 15.1. The van der Waals surface area contributed by atoms with Gasteiger partial charge >= 0.3 is 5.97 Å². The van der Waals surface area contributed by atoms with Gasteiger partial charge in [-0.3, -0.25) is 19.2 Å². The highest BCUT2D eigenvalue weighted by atomic mass is 16.7. The highest BCUT2D eigenvalue weighted by molar-refractivity contribution is 6.01. The standard InChI is InChI=1S/C33H39NO9/c1-31-12-10-21(35)14-20(31)6-7-22-23-11-13-33(40,32(23,2)15-24(36)29(22)31)26(37)17-41-28(39)9-8-27(38)34-16-19-4-3-5-25-30(19)43-18-42-25/h3-5,10,12,14,22-24,29,36,40H,6-9,11,13,15-18H2,1-2H3,(H,34,38)/t22-,23+,24+,29-,31+,32+,33+/m1/s1. The van der Waals surface area contributed by atoms with Crippen molar-refractivity contribution >= 4 is 23.4 Å². The predicted molar refractivity (Wildman–Crippen MR) is 153 cm³/mol. The largest absolute Gasteiger partial charge is 0.458 e. The molecule has 1 heterocycles. The van der Waals surface area contributed by atoms with Crippen molar-refractivity contribution in [3.05, 3.63) is 47.6 Å². The predicted octanol–water partition coefficient (Wildman–Crippen LogP) is 2.93. The minimum Gasteiger partial charge on any atom is -0.458 e. The first-order chi connectivity index (χ1) is 20.5. The number of fused-ring (bicyclic) bond motifs is 6. The number of aliphatic hydroxyl groups excluding tert-OH is 1. The summed E-state index contributed by atoms with van der Waals surface area (Å²) in [5.74, 6) is -0.495. The third-order valence-electron chi connectivity index (χ3n) is 11.0. The Morgan fingerprint density at radius 3 is 2.77 bits per heavy atom. The van der Waals surface area contributed by atoms with Crippen LogP contribution in [-0.2, 0) is 30.5 Å². The number of allylic oxidation sites excluding steroid dienone is 4. The molecule has 0 radical (unpaired) electrons. The number of aliphatic hydroxyl groups is 2. The zero-order chi connectivity index (χ0) is 30.6. The summed E-state index contributed by atoms with van der Waals surface area (Å²) in [7, 11) is 0. The first-order valence-corrected chi connectivity index (χ1v) is 15.1. The summed E-state index contributed by atoms with van der Waals surface area (Å²) in [6, 6.07) is 5.40. The van der Waals surface area contributed by atoms with E-state index < -0.39 is 40.9 Å². The molecule has 7 atom stereocenters. The van der Waals surface area contributed by atoms with Gasteiger partial charge in [0.05, 0.1) is 12.5 Å². The van der Waals surface area contributed by atoms with Gasteiger partial charge in [0.25, 0.3) is 0 Å². The summed E-state index contributed by atoms with van der Waals surface area (Å²) in [5.41, 5.74) is -1.25. The molecule has 3 saturated carbocycles. The Bertz CT molecular complexity index is 1420. The van der Waals surface area contributed by atoms with Crippen molar-refractivity contribution in [3.8, 4) is 11.5 Å². The van der Waals surface area contributed by atoms with Crippen LogP contribution in [0.4, 0.5) is 0 Å². The van der Waals surface area contributed by atoms with Gasteiger partial charge in [-0.2, -0.15) is 0 Å². The SMILES string of the molecule is C[C@]12C=CC(=O)C=C1CC[C@H]1[C@@H]2[C@@H](O)C[C@@]2(C)[C@H]1CC[C@]2(O)C(=O)COC(=O)CCC(=O)NCc1cccc2c1OCO2. The molecule has 1 aromatic rings. The number of para-hydroxylation sites is 1. The number of carbonyl (C=O) groups is 4. The molecule has 0 saturated heterocycles. The van der Waals surface area contributed by atoms with Crippen molar-refractivity contribution in [3.63, 3.8) is 0 Å². The highest BCUT2D eigenvalue weighted by Gasteiger charge is 2.68. The zero-order valence-electron chi connectivity index (χ0n) is 24.6. The lowest BCUT2D eigenvalue weighted by Crippen LogP contribution is -2.61. The summed E-state index contributed by atoms with van der Waals surface area (Å²) < 4.78 is 16.0. The number of hydrogen-bond donors (Lipinski definition) is 3. The molecule has 3 N–H and O–H groups in total. The molecule has 43 heavy (non-hydrogen) atoms. The molecule has 10 heteroatoms. The Labute approximate surface area is 250 Å². The molecule has 4 aliphatic carbocycles. The molecule has 1 aromatic carbocycles. The molecular formula is C33H39NO9. The molecule has 1 amide bonds. The van der Waals surface area contributed by atoms with Crippen LogP contribution in [0.25, 0.3) is 0 Å². The smallest absolute Gasteiger partial charge is 0.306 e. The summed E-state index contributed by atoms with van der Waals surface area (Å²) in [6.45, 7) is 3.70. The lowest BCUT2D eigenvalue weighted by molar-refractivity contribution is -0.181. The van der Waals surface area contributed by atoms with Crippen LogP contribution in [0.5, 0.6) is 11.5 Å². The Kier molecular flexibility index (Phi) is 7.49. The van der Waals surface area contributed by atoms with Gasteiger partial charge in [0.2, 0.25) is 18.5 Å². The fourth-order valence-corrected chi connectivity index (χ4v) is 8.75. The number of carbonyl (C=O) groups excluding carboxylic acids is 4. The second kappa shape index (κ2) is 10.9. The molecule has 3 fully saturated rings. The minimum absolute atomic E-state index is 0.00135. The molecule has 6 rings (SSSR count). The van der Waals surface area contributed by atoms with Crippen LogP contribution in [0, 0.1) is 28.6 Å². The maximum atomic E-state index is 13.4. The molecule has 0 unspecified atom stereocenters. The highest BCUT2D eigenvalue weighted by Crippen LogP contribution is 2.67. The number of amides is 1. The second-order valence-electron chi connectivity index (χ2n) is 13.1. The van der Waals surface area contributed by atoms with E-state index in [1.165, 1.54) is 0 Å². The number of rotatable bonds is 8. The number of benzene rings is 1. The van der Waals surface area contributed by atoms with E-state index in [4.69, 9.17) is 14.2 Å². The Morgan fingerprint density at radius 1 is 1.14 bits per heavy atom. The van der Waals surface area contributed by atoms with Crippen molar-refractivity contribution < 1.29 is 43.6 Å². The first kappa shape index (κ1) is 29.6. The molecule has 0 aromatic heterocycles. The van der Waals surface area contributed by atoms with Gasteiger partial charge in [-0.25, -0.2) is 0 Å². The Hall–Kier alpha value is -3.50. The Morgan fingerprint density at radius 2 is 1.95 bits per heavy atom. The van der Waals surface area contributed by atoms with Gasteiger partial charge in [-0.05, 0) is 62.2 Å². The normalized spacial score (nSPS) is 35.3. The van der Waals surface area contributed by atoms with Gasteiger partial charge in [0.15, 0.2) is 23.9 Å². The molecule has 5 aliphatic rings. The molecule has 0 spiro atoms. The topological polar surface area (TPSA) is 148 Å². The van der Waals surface area contributed by atoms with Crippen LogP contribution in [0.1, 0.15) is 64.4 Å². The van der Waals surface area contributed by atoms with Crippen LogP contribution in [0.2, 0.25) is 0 Å². The van der Waals surface area contributed by atoms with Crippen LogP contribution < -0.4 is 14.8 Å². The summed E-state index contributed by atoms with van der Waals surface area (Å²) in [4.78, 5) is 50.3. The maximum absolute atomic E-state index is 13.4. The van der Waals surface area contributed by atoms with Gasteiger partial charge < -0.3 is 29.7 Å². The van der Waals surface area contributed by atoms with E-state index in [1.54, 1.807) is 24.3 Å². The quantitative estimate of drug-likeness (QED) is 0.387. The molecule has 0 bridgehead atoms. The average molecular weight is 594 g/mol. The summed E-state index contributed by atoms with van der Waals surface area (Å²) in [5, 5.41) is 26.1. The maximum Gasteiger partial charge on any atom is 0.306 e. The fourth-order valence-electron chi connectivity index (χ4n) is 8.75. The van der Waals surface area contributed by atoms with Crippen molar-refractivity contribution in [2.24, 2.45) is 28.6 Å². The van der Waals surface area contributed by atoms with Crippen LogP contribution in [0.3, 0.4) is 0 Å². The van der Waals surface area contributed by atoms with Crippen molar-refractivity contribution in [2.45, 2.75) is 77.0 Å². The van der Waals surface area contributed by atoms with E-state index in [9.17, 15) is 29.4 Å². The van der Waals surface area contributed by atoms with E-state index >= 15 is 0 Å². The lowest BCUT2D eigenvalue weighted by Gasteiger charge is -2.59. The van der Waals surface area contributed by atoms with E-state index in [2.05, 4.69) is 12.2 Å². The Balaban J connectivity index is 1.03. The van der Waals surface area contributed by atoms with E-state index in [1.807, 2.05) is 19.1 Å². The molecule has 230 valence electrons. The summed E-state index contributed by atoms with van der Waals surface area (Å²) >= 11 is 0. The van der Waals surface area contributed by atoms with E-state index in [-0.39, 0.29) is 68.5 Å². The number of hydrogen-bond acceptors (Lipinski definition) is 9. The average Bonchev–Trinajstić information content (AvgIpc) is 3.56. The third kappa shape index (κ3) is 4.88.